The molecule has 25 heavy (non-hydrogen) atoms. The van der Waals surface area contributed by atoms with Gasteiger partial charge in [-0.25, -0.2) is 4.98 Å². The minimum atomic E-state index is -1.01. The summed E-state index contributed by atoms with van der Waals surface area (Å²) < 4.78 is 1.33. The number of imidazole rings is 1. The van der Waals surface area contributed by atoms with E-state index in [-0.39, 0.29) is 18.0 Å². The van der Waals surface area contributed by atoms with Gasteiger partial charge in [0, 0.05) is 17.9 Å². The average molecular weight is 334 g/mol. The van der Waals surface area contributed by atoms with Crippen LogP contribution in [-0.4, -0.2) is 36.6 Å². The number of carbonyl (C=O) groups is 2. The molecule has 7 nitrogen and oxygen atoms in total. The zero-order valence-electron chi connectivity index (χ0n) is 13.4. The summed E-state index contributed by atoms with van der Waals surface area (Å²) >= 11 is 0. The number of nitrogens with zero attached hydrogens (tertiary/aromatic N) is 3. The van der Waals surface area contributed by atoms with Gasteiger partial charge in [0.1, 0.15) is 18.1 Å². The molecule has 2 N–H and O–H groups in total. The van der Waals surface area contributed by atoms with Crippen molar-refractivity contribution in [2.45, 2.75) is 13.5 Å². The molecule has 2 aromatic carbocycles. The van der Waals surface area contributed by atoms with Crippen LogP contribution in [0.1, 0.15) is 17.4 Å². The van der Waals surface area contributed by atoms with Crippen LogP contribution in [0.4, 0.5) is 0 Å². The van der Waals surface area contributed by atoms with Crippen molar-refractivity contribution in [3.8, 4) is 11.4 Å². The minimum Gasteiger partial charge on any atom is -0.480 e. The Labute approximate surface area is 141 Å². The summed E-state index contributed by atoms with van der Waals surface area (Å²) in [6, 6.07) is 13.1. The fraction of sp³-hybridized carbons (Fsp3) is 0.111. The molecular weight excluding hydrogens is 320 g/mol. The molecule has 0 fully saturated rings. The molecule has 124 valence electrons. The van der Waals surface area contributed by atoms with E-state index in [1.807, 2.05) is 36.4 Å². The highest BCUT2D eigenvalue weighted by Crippen LogP contribution is 2.27. The first-order chi connectivity index (χ1) is 12.0. The monoisotopic (exact) mass is 334 g/mol. The van der Waals surface area contributed by atoms with Crippen LogP contribution in [0.2, 0.25) is 0 Å². The van der Waals surface area contributed by atoms with Crippen molar-refractivity contribution in [1.29, 1.82) is 0 Å². The van der Waals surface area contributed by atoms with Crippen molar-refractivity contribution in [2.75, 3.05) is 0 Å². The summed E-state index contributed by atoms with van der Waals surface area (Å²) in [6.45, 7) is 1.12. The van der Waals surface area contributed by atoms with E-state index in [0.717, 1.165) is 16.6 Å². The van der Waals surface area contributed by atoms with Crippen LogP contribution in [0.25, 0.3) is 33.3 Å². The van der Waals surface area contributed by atoms with Crippen molar-refractivity contribution < 1.29 is 14.7 Å². The van der Waals surface area contributed by atoms with Gasteiger partial charge in [0.05, 0.1) is 16.6 Å². The normalized spacial score (nSPS) is 11.2. The first-order valence-corrected chi connectivity index (χ1v) is 7.71. The fourth-order valence-electron chi connectivity index (χ4n) is 2.92. The third-order valence-electron chi connectivity index (χ3n) is 4.03. The highest BCUT2D eigenvalue weighted by atomic mass is 16.4. The number of ketones is 1. The molecule has 2 heterocycles. The lowest BCUT2D eigenvalue weighted by atomic mass is 10.1. The number of aromatic amines is 1. The van der Waals surface area contributed by atoms with E-state index < -0.39 is 5.97 Å². The van der Waals surface area contributed by atoms with Gasteiger partial charge in [0.2, 0.25) is 0 Å². The van der Waals surface area contributed by atoms with Gasteiger partial charge in [-0.15, -0.1) is 0 Å². The zero-order chi connectivity index (χ0) is 17.6. The van der Waals surface area contributed by atoms with Gasteiger partial charge < -0.3 is 10.1 Å². The quantitative estimate of drug-likeness (QED) is 0.559. The van der Waals surface area contributed by atoms with Gasteiger partial charge in [-0.2, -0.15) is 5.10 Å². The number of aliphatic carboxylic acids is 1. The molecule has 0 aliphatic heterocycles. The van der Waals surface area contributed by atoms with Gasteiger partial charge >= 0.3 is 5.97 Å². The molecule has 0 saturated heterocycles. The number of fused-ring (bicyclic) bond motifs is 2. The Morgan fingerprint density at radius 3 is 2.72 bits per heavy atom. The highest BCUT2D eigenvalue weighted by Gasteiger charge is 2.17. The lowest BCUT2D eigenvalue weighted by Gasteiger charge is -2.01. The maximum Gasteiger partial charge on any atom is 0.325 e. The van der Waals surface area contributed by atoms with Crippen molar-refractivity contribution in [3.05, 3.63) is 48.2 Å². The predicted molar refractivity (Wildman–Crippen MR) is 92.5 cm³/mol. The number of hydrogen-bond donors (Lipinski definition) is 2. The average Bonchev–Trinajstić information content (AvgIpc) is 3.15. The standard InChI is InChI=1S/C18H14N4O3/c1-10(23)17-12-8-11(6-7-15(12)22(21-17)9-16(24)25)18-19-13-4-2-3-5-14(13)20-18/h2-8H,9H2,1H3,(H,19,20)(H,24,25). The third kappa shape index (κ3) is 2.55. The Morgan fingerprint density at radius 1 is 1.20 bits per heavy atom. The second kappa shape index (κ2) is 5.55. The maximum absolute atomic E-state index is 11.9. The SMILES string of the molecule is CC(=O)c1nn(CC(=O)O)c2ccc(-c3nc4ccccc4[nH]3)cc12. The van der Waals surface area contributed by atoms with Crippen molar-refractivity contribution in [3.63, 3.8) is 0 Å². The minimum absolute atomic E-state index is 0.212. The van der Waals surface area contributed by atoms with Gasteiger partial charge in [-0.1, -0.05) is 12.1 Å². The topological polar surface area (TPSA) is 101 Å². The molecule has 0 aliphatic carbocycles. The van der Waals surface area contributed by atoms with Crippen LogP contribution in [0.15, 0.2) is 42.5 Å². The number of benzene rings is 2. The number of para-hydroxylation sites is 2. The molecule has 2 aromatic heterocycles. The summed E-state index contributed by atoms with van der Waals surface area (Å²) in [5.41, 5.74) is 3.44. The molecule has 7 heteroatoms. The van der Waals surface area contributed by atoms with Crippen LogP contribution in [0, 0.1) is 0 Å². The molecule has 0 atom stereocenters. The number of nitrogens with one attached hydrogen (secondary N) is 1. The predicted octanol–water partition coefficient (Wildman–Crippen LogP) is 2.87. The third-order valence-corrected chi connectivity index (χ3v) is 4.03. The number of Topliss-reactive ketones (excluding diaryl/α,β-unsaturated/α-hetero) is 1. The molecular formula is C18H14N4O3. The van der Waals surface area contributed by atoms with Gasteiger partial charge in [-0.3, -0.25) is 14.3 Å². The smallest absolute Gasteiger partial charge is 0.325 e. The molecule has 0 saturated carbocycles. The Morgan fingerprint density at radius 2 is 2.00 bits per heavy atom. The fourth-order valence-corrected chi connectivity index (χ4v) is 2.92. The van der Waals surface area contributed by atoms with Crippen LogP contribution >= 0.6 is 0 Å². The Balaban J connectivity index is 1.90. The largest absolute Gasteiger partial charge is 0.480 e. The molecule has 0 unspecified atom stereocenters. The molecule has 0 amide bonds. The summed E-state index contributed by atoms with van der Waals surface area (Å²) in [7, 11) is 0. The van der Waals surface area contributed by atoms with Gasteiger partial charge in [0.15, 0.2) is 5.78 Å². The van der Waals surface area contributed by atoms with Crippen molar-refractivity contribution in [2.24, 2.45) is 0 Å². The van der Waals surface area contributed by atoms with E-state index in [1.54, 1.807) is 6.07 Å². The molecule has 0 radical (unpaired) electrons. The Kier molecular flexibility index (Phi) is 3.35. The Bertz CT molecular complexity index is 1110. The summed E-state index contributed by atoms with van der Waals surface area (Å²) in [5, 5.41) is 13.8. The molecule has 0 spiro atoms. The number of carbonyl (C=O) groups excluding carboxylic acids is 1. The number of hydrogen-bond acceptors (Lipinski definition) is 4. The van der Waals surface area contributed by atoms with Gasteiger partial charge in [-0.05, 0) is 30.3 Å². The number of H-pyrrole nitrogens is 1. The summed E-state index contributed by atoms with van der Waals surface area (Å²) in [5.74, 6) is -0.541. The van der Waals surface area contributed by atoms with Crippen LogP contribution in [0.3, 0.4) is 0 Å². The molecule has 4 aromatic rings. The maximum atomic E-state index is 11.9. The van der Waals surface area contributed by atoms with E-state index in [1.165, 1.54) is 11.6 Å². The van der Waals surface area contributed by atoms with E-state index in [9.17, 15) is 9.59 Å². The first-order valence-electron chi connectivity index (χ1n) is 7.71. The van der Waals surface area contributed by atoms with E-state index in [2.05, 4.69) is 15.1 Å². The second-order valence-electron chi connectivity index (χ2n) is 5.79. The van der Waals surface area contributed by atoms with E-state index in [0.29, 0.717) is 16.7 Å². The lowest BCUT2D eigenvalue weighted by molar-refractivity contribution is -0.137. The van der Waals surface area contributed by atoms with E-state index in [4.69, 9.17) is 5.11 Å². The molecule has 0 aliphatic rings. The molecule has 4 rings (SSSR count). The number of aromatic nitrogens is 4. The first kappa shape index (κ1) is 15.1. The second-order valence-corrected chi connectivity index (χ2v) is 5.79. The Hall–Kier alpha value is -3.48. The summed E-state index contributed by atoms with van der Waals surface area (Å²) in [6.07, 6.45) is 0. The summed E-state index contributed by atoms with van der Waals surface area (Å²) in [4.78, 5) is 30.7. The molecule has 0 bridgehead atoms. The van der Waals surface area contributed by atoms with E-state index >= 15 is 0 Å². The number of carboxylic acids is 1. The van der Waals surface area contributed by atoms with Crippen LogP contribution in [0.5, 0.6) is 0 Å². The van der Waals surface area contributed by atoms with Gasteiger partial charge in [0.25, 0.3) is 0 Å². The van der Waals surface area contributed by atoms with Crippen LogP contribution < -0.4 is 0 Å². The van der Waals surface area contributed by atoms with Crippen molar-refractivity contribution >= 4 is 33.7 Å². The van der Waals surface area contributed by atoms with Crippen LogP contribution in [-0.2, 0) is 11.3 Å². The zero-order valence-corrected chi connectivity index (χ0v) is 13.4. The lowest BCUT2D eigenvalue weighted by Crippen LogP contribution is -2.10. The number of rotatable bonds is 4. The number of carboxylic acid groups (broad SMARTS) is 1. The van der Waals surface area contributed by atoms with Crippen molar-refractivity contribution in [1.82, 2.24) is 19.7 Å². The highest BCUT2D eigenvalue weighted by molar-refractivity contribution is 6.06.